The predicted octanol–water partition coefficient (Wildman–Crippen LogP) is 3.15. The van der Waals surface area contributed by atoms with E-state index in [4.69, 9.17) is 11.6 Å². The van der Waals surface area contributed by atoms with E-state index in [2.05, 4.69) is 15.3 Å². The van der Waals surface area contributed by atoms with Crippen molar-refractivity contribution in [3.8, 4) is 11.4 Å². The zero-order valence-corrected chi connectivity index (χ0v) is 9.92. The second-order valence-electron chi connectivity index (χ2n) is 3.45. The lowest BCUT2D eigenvalue weighted by atomic mass is 10.2. The minimum atomic E-state index is 0.691. The van der Waals surface area contributed by atoms with Gasteiger partial charge in [0, 0.05) is 17.6 Å². The van der Waals surface area contributed by atoms with Gasteiger partial charge in [0.15, 0.2) is 5.82 Å². The highest BCUT2D eigenvalue weighted by atomic mass is 35.5. The lowest BCUT2D eigenvalue weighted by molar-refractivity contribution is 1.11. The molecule has 0 saturated heterocycles. The molecule has 1 aromatic heterocycles. The lowest BCUT2D eigenvalue weighted by Gasteiger charge is -2.06. The van der Waals surface area contributed by atoms with Gasteiger partial charge in [0.25, 0.3) is 0 Å². The standard InChI is InChI=1S/C12H12ClN3/c1-8-11(14-2)7-15-12(16-8)9-4-3-5-10(13)6-9/h3-7,14H,1-2H3. The van der Waals surface area contributed by atoms with Crippen molar-refractivity contribution < 1.29 is 0 Å². The van der Waals surface area contributed by atoms with E-state index in [0.717, 1.165) is 16.9 Å². The molecule has 0 atom stereocenters. The van der Waals surface area contributed by atoms with Crippen LogP contribution in [0.3, 0.4) is 0 Å². The maximum atomic E-state index is 5.93. The van der Waals surface area contributed by atoms with Gasteiger partial charge in [-0.2, -0.15) is 0 Å². The molecule has 3 nitrogen and oxygen atoms in total. The van der Waals surface area contributed by atoms with Crippen molar-refractivity contribution in [2.75, 3.05) is 12.4 Å². The van der Waals surface area contributed by atoms with Crippen molar-refractivity contribution >= 4 is 17.3 Å². The van der Waals surface area contributed by atoms with Gasteiger partial charge < -0.3 is 5.32 Å². The first-order valence-corrected chi connectivity index (χ1v) is 5.36. The zero-order valence-electron chi connectivity index (χ0n) is 9.16. The first-order valence-electron chi connectivity index (χ1n) is 4.98. The third-order valence-corrected chi connectivity index (χ3v) is 2.57. The van der Waals surface area contributed by atoms with Gasteiger partial charge in [0.2, 0.25) is 0 Å². The molecule has 1 heterocycles. The summed E-state index contributed by atoms with van der Waals surface area (Å²) in [7, 11) is 1.85. The van der Waals surface area contributed by atoms with Gasteiger partial charge in [-0.25, -0.2) is 9.97 Å². The summed E-state index contributed by atoms with van der Waals surface area (Å²) in [6, 6.07) is 7.53. The Hall–Kier alpha value is -1.61. The molecule has 0 aliphatic rings. The molecule has 82 valence electrons. The van der Waals surface area contributed by atoms with E-state index in [1.54, 1.807) is 6.20 Å². The molecular formula is C12H12ClN3. The fraction of sp³-hybridized carbons (Fsp3) is 0.167. The van der Waals surface area contributed by atoms with Gasteiger partial charge in [-0.1, -0.05) is 23.7 Å². The first-order chi connectivity index (χ1) is 7.70. The van der Waals surface area contributed by atoms with Crippen molar-refractivity contribution in [2.24, 2.45) is 0 Å². The SMILES string of the molecule is CNc1cnc(-c2cccc(Cl)c2)nc1C. The van der Waals surface area contributed by atoms with Crippen LogP contribution in [0, 0.1) is 6.92 Å². The number of benzene rings is 1. The molecule has 2 rings (SSSR count). The van der Waals surface area contributed by atoms with E-state index >= 15 is 0 Å². The Bertz CT molecular complexity index is 511. The van der Waals surface area contributed by atoms with Crippen LogP contribution in [0.5, 0.6) is 0 Å². The molecule has 1 aromatic carbocycles. The number of nitrogens with zero attached hydrogens (tertiary/aromatic N) is 2. The number of hydrogen-bond donors (Lipinski definition) is 1. The number of nitrogens with one attached hydrogen (secondary N) is 1. The van der Waals surface area contributed by atoms with Gasteiger partial charge in [-0.3, -0.25) is 0 Å². The number of hydrogen-bond acceptors (Lipinski definition) is 3. The van der Waals surface area contributed by atoms with Crippen molar-refractivity contribution in [3.05, 3.63) is 41.2 Å². The third-order valence-electron chi connectivity index (χ3n) is 2.33. The quantitative estimate of drug-likeness (QED) is 0.866. The van der Waals surface area contributed by atoms with Crippen LogP contribution < -0.4 is 5.32 Å². The normalized spacial score (nSPS) is 10.2. The molecule has 0 radical (unpaired) electrons. The summed E-state index contributed by atoms with van der Waals surface area (Å²) in [5, 5.41) is 3.73. The molecule has 0 amide bonds. The lowest BCUT2D eigenvalue weighted by Crippen LogP contribution is -1.98. The molecule has 0 saturated carbocycles. The Kier molecular flexibility index (Phi) is 3.06. The monoisotopic (exact) mass is 233 g/mol. The van der Waals surface area contributed by atoms with Crippen LogP contribution in [-0.2, 0) is 0 Å². The van der Waals surface area contributed by atoms with Crippen molar-refractivity contribution in [1.29, 1.82) is 0 Å². The van der Waals surface area contributed by atoms with E-state index in [0.29, 0.717) is 10.8 Å². The summed E-state index contributed by atoms with van der Waals surface area (Å²) in [6.45, 7) is 1.95. The van der Waals surface area contributed by atoms with Gasteiger partial charge >= 0.3 is 0 Å². The number of anilines is 1. The van der Waals surface area contributed by atoms with Gasteiger partial charge in [-0.05, 0) is 19.1 Å². The van der Waals surface area contributed by atoms with Gasteiger partial charge in [-0.15, -0.1) is 0 Å². The summed E-state index contributed by atoms with van der Waals surface area (Å²) in [5.41, 5.74) is 2.79. The highest BCUT2D eigenvalue weighted by Crippen LogP contribution is 2.21. The highest BCUT2D eigenvalue weighted by Gasteiger charge is 2.04. The van der Waals surface area contributed by atoms with Crippen LogP contribution >= 0.6 is 11.6 Å². The molecule has 4 heteroatoms. The molecule has 0 aliphatic carbocycles. The Morgan fingerprint density at radius 1 is 1.31 bits per heavy atom. The summed E-state index contributed by atoms with van der Waals surface area (Å²) in [5.74, 6) is 0.694. The second-order valence-corrected chi connectivity index (χ2v) is 3.89. The molecule has 0 spiro atoms. The van der Waals surface area contributed by atoms with E-state index in [9.17, 15) is 0 Å². The Morgan fingerprint density at radius 2 is 2.12 bits per heavy atom. The zero-order chi connectivity index (χ0) is 11.5. The summed E-state index contributed by atoms with van der Waals surface area (Å²) >= 11 is 5.93. The van der Waals surface area contributed by atoms with Crippen molar-refractivity contribution in [3.63, 3.8) is 0 Å². The fourth-order valence-corrected chi connectivity index (χ4v) is 1.67. The van der Waals surface area contributed by atoms with Crippen molar-refractivity contribution in [1.82, 2.24) is 9.97 Å². The fourth-order valence-electron chi connectivity index (χ4n) is 1.48. The van der Waals surface area contributed by atoms with Crippen LogP contribution in [0.1, 0.15) is 5.69 Å². The average molecular weight is 234 g/mol. The van der Waals surface area contributed by atoms with Crippen molar-refractivity contribution in [2.45, 2.75) is 6.92 Å². The molecule has 1 N–H and O–H groups in total. The summed E-state index contributed by atoms with van der Waals surface area (Å²) in [4.78, 5) is 8.71. The molecule has 0 aliphatic heterocycles. The molecule has 0 unspecified atom stereocenters. The van der Waals surface area contributed by atoms with E-state index in [1.165, 1.54) is 0 Å². The van der Waals surface area contributed by atoms with Crippen LogP contribution in [0.4, 0.5) is 5.69 Å². The van der Waals surface area contributed by atoms with Crippen LogP contribution in [0.25, 0.3) is 11.4 Å². The summed E-state index contributed by atoms with van der Waals surface area (Å²) in [6.07, 6.45) is 1.78. The maximum Gasteiger partial charge on any atom is 0.159 e. The van der Waals surface area contributed by atoms with Gasteiger partial charge in [0.05, 0.1) is 17.6 Å². The van der Waals surface area contributed by atoms with E-state index in [-0.39, 0.29) is 0 Å². The molecule has 2 aromatic rings. The van der Waals surface area contributed by atoms with Crippen LogP contribution in [0.2, 0.25) is 5.02 Å². The second kappa shape index (κ2) is 4.49. The predicted molar refractivity (Wildman–Crippen MR) is 66.8 cm³/mol. The number of aromatic nitrogens is 2. The molecule has 0 fully saturated rings. The largest absolute Gasteiger partial charge is 0.385 e. The van der Waals surface area contributed by atoms with E-state index in [1.807, 2.05) is 38.2 Å². The maximum absolute atomic E-state index is 5.93. The van der Waals surface area contributed by atoms with Crippen LogP contribution in [0.15, 0.2) is 30.5 Å². The smallest absolute Gasteiger partial charge is 0.159 e. The number of halogens is 1. The third kappa shape index (κ3) is 2.14. The van der Waals surface area contributed by atoms with E-state index < -0.39 is 0 Å². The number of rotatable bonds is 2. The minimum Gasteiger partial charge on any atom is -0.385 e. The molecule has 0 bridgehead atoms. The summed E-state index contributed by atoms with van der Waals surface area (Å²) < 4.78 is 0. The first kappa shape index (κ1) is 10.9. The topological polar surface area (TPSA) is 37.8 Å². The highest BCUT2D eigenvalue weighted by molar-refractivity contribution is 6.30. The Labute approximate surface area is 99.5 Å². The molecule has 16 heavy (non-hydrogen) atoms. The minimum absolute atomic E-state index is 0.691. The Morgan fingerprint density at radius 3 is 2.75 bits per heavy atom. The van der Waals surface area contributed by atoms with Crippen LogP contribution in [-0.4, -0.2) is 17.0 Å². The molecular weight excluding hydrogens is 222 g/mol. The number of aryl methyl sites for hydroxylation is 1. The van der Waals surface area contributed by atoms with Gasteiger partial charge in [0.1, 0.15) is 0 Å². The Balaban J connectivity index is 2.45. The average Bonchev–Trinajstić information content (AvgIpc) is 2.29.